The number of aromatic nitrogens is 2. The number of nitrogens with one attached hydrogen (secondary N) is 2. The molecular formula is C13H9BrClN3O2S. The van der Waals surface area contributed by atoms with Crippen molar-refractivity contribution in [2.45, 2.75) is 4.90 Å². The molecule has 0 bridgehead atoms. The van der Waals surface area contributed by atoms with E-state index in [1.54, 1.807) is 12.1 Å². The molecule has 3 rings (SSSR count). The van der Waals surface area contributed by atoms with Crippen molar-refractivity contribution in [2.24, 2.45) is 0 Å². The van der Waals surface area contributed by atoms with Gasteiger partial charge < -0.3 is 0 Å². The van der Waals surface area contributed by atoms with E-state index in [2.05, 4.69) is 30.8 Å². The van der Waals surface area contributed by atoms with E-state index in [0.717, 1.165) is 5.52 Å². The number of hydrogen-bond acceptors (Lipinski definition) is 3. The summed E-state index contributed by atoms with van der Waals surface area (Å²) in [5.41, 5.74) is 0.747. The van der Waals surface area contributed by atoms with Crippen LogP contribution in [0, 0.1) is 0 Å². The van der Waals surface area contributed by atoms with Gasteiger partial charge in [0, 0.05) is 9.86 Å². The topological polar surface area (TPSA) is 74.8 Å². The molecule has 5 nitrogen and oxygen atoms in total. The number of hydrogen-bond donors (Lipinski definition) is 2. The molecule has 0 spiro atoms. The fourth-order valence-electron chi connectivity index (χ4n) is 1.92. The van der Waals surface area contributed by atoms with Gasteiger partial charge in [-0.15, -0.1) is 0 Å². The van der Waals surface area contributed by atoms with E-state index in [1.807, 2.05) is 18.2 Å². The number of anilines is 1. The zero-order valence-electron chi connectivity index (χ0n) is 10.5. The normalized spacial score (nSPS) is 11.7. The van der Waals surface area contributed by atoms with Crippen LogP contribution in [0.3, 0.4) is 0 Å². The maximum atomic E-state index is 12.4. The van der Waals surface area contributed by atoms with E-state index in [0.29, 0.717) is 9.86 Å². The van der Waals surface area contributed by atoms with Crippen molar-refractivity contribution >= 4 is 54.3 Å². The summed E-state index contributed by atoms with van der Waals surface area (Å²) in [6.07, 6.45) is 0. The van der Waals surface area contributed by atoms with Gasteiger partial charge in [0.2, 0.25) is 0 Å². The molecule has 0 saturated carbocycles. The summed E-state index contributed by atoms with van der Waals surface area (Å²) < 4.78 is 28.0. The molecule has 0 saturated heterocycles. The highest BCUT2D eigenvalue weighted by Crippen LogP contribution is 2.28. The van der Waals surface area contributed by atoms with Crippen LogP contribution in [0.1, 0.15) is 0 Å². The molecule has 0 atom stereocenters. The number of H-pyrrole nitrogens is 1. The van der Waals surface area contributed by atoms with Crippen molar-refractivity contribution in [2.75, 3.05) is 4.72 Å². The molecule has 0 aliphatic carbocycles. The molecule has 0 fully saturated rings. The summed E-state index contributed by atoms with van der Waals surface area (Å²) in [7, 11) is -3.81. The van der Waals surface area contributed by atoms with Crippen molar-refractivity contribution in [3.8, 4) is 0 Å². The first kappa shape index (κ1) is 14.4. The second-order valence-corrected chi connectivity index (χ2v) is 7.27. The van der Waals surface area contributed by atoms with Gasteiger partial charge >= 0.3 is 0 Å². The monoisotopic (exact) mass is 385 g/mol. The van der Waals surface area contributed by atoms with Gasteiger partial charge in [-0.3, -0.25) is 9.82 Å². The zero-order valence-corrected chi connectivity index (χ0v) is 13.6. The first-order chi connectivity index (χ1) is 9.97. The van der Waals surface area contributed by atoms with Crippen LogP contribution < -0.4 is 4.72 Å². The van der Waals surface area contributed by atoms with Crippen molar-refractivity contribution in [3.63, 3.8) is 0 Å². The van der Waals surface area contributed by atoms with Crippen LogP contribution in [0.15, 0.2) is 51.8 Å². The van der Waals surface area contributed by atoms with Gasteiger partial charge in [-0.2, -0.15) is 5.10 Å². The second-order valence-electron chi connectivity index (χ2n) is 4.30. The zero-order chi connectivity index (χ0) is 15.0. The first-order valence-corrected chi connectivity index (χ1v) is 8.54. The van der Waals surface area contributed by atoms with Gasteiger partial charge in [0.1, 0.15) is 4.90 Å². The molecule has 3 aromatic rings. The van der Waals surface area contributed by atoms with Crippen LogP contribution in [0.2, 0.25) is 5.02 Å². The van der Waals surface area contributed by atoms with Crippen molar-refractivity contribution < 1.29 is 8.42 Å². The van der Waals surface area contributed by atoms with Crippen LogP contribution >= 0.6 is 27.5 Å². The fraction of sp³-hybridized carbons (Fsp3) is 0. The van der Waals surface area contributed by atoms with Gasteiger partial charge in [0.15, 0.2) is 5.82 Å². The lowest BCUT2D eigenvalue weighted by atomic mass is 10.2. The van der Waals surface area contributed by atoms with Crippen molar-refractivity contribution in [1.29, 1.82) is 0 Å². The number of nitrogens with zero attached hydrogens (tertiary/aromatic N) is 1. The van der Waals surface area contributed by atoms with Gasteiger partial charge in [0.25, 0.3) is 10.0 Å². The molecule has 0 aliphatic rings. The number of benzene rings is 2. The molecule has 2 N–H and O–H groups in total. The number of aromatic amines is 1. The Bertz CT molecular complexity index is 924. The molecule has 21 heavy (non-hydrogen) atoms. The maximum absolute atomic E-state index is 12.4. The Morgan fingerprint density at radius 3 is 2.71 bits per heavy atom. The molecule has 0 radical (unpaired) electrons. The minimum atomic E-state index is -3.81. The predicted molar refractivity (Wildman–Crippen MR) is 86.1 cm³/mol. The van der Waals surface area contributed by atoms with Crippen LogP contribution in [0.4, 0.5) is 5.82 Å². The summed E-state index contributed by atoms with van der Waals surface area (Å²) in [6.45, 7) is 0. The molecule has 0 amide bonds. The third-order valence-electron chi connectivity index (χ3n) is 2.88. The molecule has 8 heteroatoms. The molecule has 1 heterocycles. The highest BCUT2D eigenvalue weighted by molar-refractivity contribution is 9.10. The van der Waals surface area contributed by atoms with Gasteiger partial charge in [-0.05, 0) is 30.3 Å². The quantitative estimate of drug-likeness (QED) is 0.719. The van der Waals surface area contributed by atoms with E-state index in [4.69, 9.17) is 11.6 Å². The Labute approximate surface area is 134 Å². The van der Waals surface area contributed by atoms with E-state index in [9.17, 15) is 8.42 Å². The average molecular weight is 387 g/mol. The summed E-state index contributed by atoms with van der Waals surface area (Å²) >= 11 is 9.23. The highest BCUT2D eigenvalue weighted by Gasteiger charge is 2.20. The van der Waals surface area contributed by atoms with Crippen LogP contribution in [0.5, 0.6) is 0 Å². The number of rotatable bonds is 3. The third-order valence-corrected chi connectivity index (χ3v) is 5.20. The van der Waals surface area contributed by atoms with E-state index in [1.165, 1.54) is 12.1 Å². The Balaban J connectivity index is 2.03. The van der Waals surface area contributed by atoms with Crippen molar-refractivity contribution in [3.05, 3.63) is 52.0 Å². The Kier molecular flexibility index (Phi) is 3.64. The Morgan fingerprint density at radius 1 is 1.19 bits per heavy atom. The Morgan fingerprint density at radius 2 is 1.95 bits per heavy atom. The summed E-state index contributed by atoms with van der Waals surface area (Å²) in [5, 5.41) is 7.58. The number of para-hydroxylation sites is 1. The average Bonchev–Trinajstić information content (AvgIpc) is 2.81. The lowest BCUT2D eigenvalue weighted by Crippen LogP contribution is -2.14. The molecule has 108 valence electrons. The lowest BCUT2D eigenvalue weighted by Gasteiger charge is -2.08. The van der Waals surface area contributed by atoms with Gasteiger partial charge in [-0.1, -0.05) is 39.7 Å². The maximum Gasteiger partial charge on any atom is 0.264 e. The fourth-order valence-corrected chi connectivity index (χ4v) is 3.98. The third kappa shape index (κ3) is 2.76. The minimum absolute atomic E-state index is 0.000511. The van der Waals surface area contributed by atoms with E-state index < -0.39 is 10.0 Å². The van der Waals surface area contributed by atoms with Gasteiger partial charge in [-0.25, -0.2) is 8.42 Å². The van der Waals surface area contributed by atoms with E-state index in [-0.39, 0.29) is 15.7 Å². The Hall–Kier alpha value is -1.57. The molecular weight excluding hydrogens is 378 g/mol. The number of fused-ring (bicyclic) bond motifs is 1. The molecule has 1 aromatic heterocycles. The smallest absolute Gasteiger partial charge is 0.264 e. The highest BCUT2D eigenvalue weighted by atomic mass is 79.9. The SMILES string of the molecule is O=S(=O)(Nc1n[nH]c2ccccc12)c1ccc(Br)cc1Cl. The lowest BCUT2D eigenvalue weighted by molar-refractivity contribution is 0.601. The molecule has 2 aromatic carbocycles. The molecule has 0 unspecified atom stereocenters. The minimum Gasteiger partial charge on any atom is -0.276 e. The second kappa shape index (κ2) is 5.32. The largest absolute Gasteiger partial charge is 0.276 e. The summed E-state index contributed by atoms with van der Waals surface area (Å²) in [4.78, 5) is -0.000511. The van der Waals surface area contributed by atoms with E-state index >= 15 is 0 Å². The standard InChI is InChI=1S/C13H9BrClN3O2S/c14-8-5-6-12(10(15)7-8)21(19,20)18-13-9-3-1-2-4-11(9)16-17-13/h1-7H,(H2,16,17,18). The van der Waals surface area contributed by atoms with Gasteiger partial charge in [0.05, 0.1) is 10.5 Å². The van der Waals surface area contributed by atoms with Crippen LogP contribution in [-0.4, -0.2) is 18.6 Å². The summed E-state index contributed by atoms with van der Waals surface area (Å²) in [6, 6.07) is 11.8. The van der Waals surface area contributed by atoms with Crippen LogP contribution in [0.25, 0.3) is 10.9 Å². The molecule has 0 aliphatic heterocycles. The first-order valence-electron chi connectivity index (χ1n) is 5.88. The number of halogens is 2. The van der Waals surface area contributed by atoms with Crippen molar-refractivity contribution in [1.82, 2.24) is 10.2 Å². The van der Waals surface area contributed by atoms with Crippen LogP contribution in [-0.2, 0) is 10.0 Å². The predicted octanol–water partition coefficient (Wildman–Crippen LogP) is 3.78. The number of sulfonamides is 1. The summed E-state index contributed by atoms with van der Waals surface area (Å²) in [5.74, 6) is 0.240.